The van der Waals surface area contributed by atoms with Gasteiger partial charge in [0.25, 0.3) is 0 Å². The molecule has 0 spiro atoms. The summed E-state index contributed by atoms with van der Waals surface area (Å²) in [5.74, 6) is 0.812. The van der Waals surface area contributed by atoms with E-state index in [0.29, 0.717) is 0 Å². The van der Waals surface area contributed by atoms with E-state index in [1.165, 1.54) is 4.47 Å². The van der Waals surface area contributed by atoms with E-state index in [1.54, 1.807) is 0 Å². The van der Waals surface area contributed by atoms with Crippen LogP contribution in [0.5, 0.6) is 0 Å². The first-order valence-corrected chi connectivity index (χ1v) is 4.74. The fourth-order valence-electron chi connectivity index (χ4n) is 0.351. The molecule has 6 heavy (non-hydrogen) atoms. The molecule has 0 aromatic carbocycles. The quantitative estimate of drug-likeness (QED) is 0.507. The molecule has 1 heterocycles. The predicted octanol–water partition coefficient (Wildman–Crippen LogP) is 0.744. The number of nitrogens with zero attached hydrogens (tertiary/aromatic N) is 1. The molecule has 1 aliphatic rings. The maximum atomic E-state index is 4.17. The molecule has 0 fully saturated rings. The predicted molar refractivity (Wildman–Crippen MR) is 28.2 cm³/mol. The van der Waals surface area contributed by atoms with Crippen molar-refractivity contribution < 1.29 is 0 Å². The summed E-state index contributed by atoms with van der Waals surface area (Å²) >= 11 is 0.129. The zero-order chi connectivity index (χ0) is 4.41. The van der Waals surface area contributed by atoms with Crippen molar-refractivity contribution in [1.82, 2.24) is 0 Å². The fraction of sp³-hybridized carbons (Fsp3) is 0.750. The molecular weight excluding hydrogens is 190 g/mol. The van der Waals surface area contributed by atoms with Gasteiger partial charge < -0.3 is 0 Å². The van der Waals surface area contributed by atoms with Crippen LogP contribution in [-0.4, -0.2) is 27.4 Å². The first-order chi connectivity index (χ1) is 2.89. The van der Waals surface area contributed by atoms with Crippen LogP contribution < -0.4 is 0 Å². The Hall–Kier alpha value is 0.460. The van der Waals surface area contributed by atoms with E-state index in [9.17, 15) is 0 Å². The van der Waals surface area contributed by atoms with E-state index < -0.39 is 0 Å². The first kappa shape index (κ1) is 4.61. The third-order valence-corrected chi connectivity index (χ3v) is 3.43. The summed E-state index contributed by atoms with van der Waals surface area (Å²) in [6.45, 7) is 2.22. The summed E-state index contributed by atoms with van der Waals surface area (Å²) in [5, 5.41) is 0. The van der Waals surface area contributed by atoms with Crippen molar-refractivity contribution in [3.63, 3.8) is 0 Å². The monoisotopic (exact) mass is 199 g/mol. The van der Waals surface area contributed by atoms with Crippen molar-refractivity contribution in [1.29, 1.82) is 0 Å². The molecule has 1 rings (SSSR count). The molecule has 0 N–H and O–H groups in total. The molecule has 0 radical (unpaired) electrons. The van der Waals surface area contributed by atoms with Gasteiger partial charge in [-0.2, -0.15) is 0 Å². The van der Waals surface area contributed by atoms with Crippen molar-refractivity contribution >= 4 is 27.4 Å². The van der Waals surface area contributed by atoms with Gasteiger partial charge in [0.15, 0.2) is 0 Å². The third-order valence-electron chi connectivity index (χ3n) is 0.727. The van der Waals surface area contributed by atoms with Gasteiger partial charge in [-0.15, -0.1) is 0 Å². The molecule has 2 heteroatoms. The second-order valence-electron chi connectivity index (χ2n) is 1.53. The molecule has 34 valence electrons. The van der Waals surface area contributed by atoms with Crippen molar-refractivity contribution in [2.75, 3.05) is 0 Å². The molecule has 0 aromatic rings. The Labute approximate surface area is 48.3 Å². The van der Waals surface area contributed by atoms with E-state index in [4.69, 9.17) is 0 Å². The molecule has 0 saturated heterocycles. The molecule has 0 aliphatic carbocycles. The van der Waals surface area contributed by atoms with Crippen LogP contribution in [0, 0.1) is 5.92 Å². The minimum atomic E-state index is 0.129. The summed E-state index contributed by atoms with van der Waals surface area (Å²) < 4.78 is 5.56. The topological polar surface area (TPSA) is 12.4 Å². The van der Waals surface area contributed by atoms with Crippen LogP contribution in [0.25, 0.3) is 0 Å². The summed E-state index contributed by atoms with van der Waals surface area (Å²) in [6, 6.07) is 0. The molecule has 1 aliphatic heterocycles. The van der Waals surface area contributed by atoms with Gasteiger partial charge in [0.1, 0.15) is 0 Å². The maximum absolute atomic E-state index is 4.17. The second kappa shape index (κ2) is 1.95. The number of hydrogen-bond acceptors (Lipinski definition) is 1. The van der Waals surface area contributed by atoms with Gasteiger partial charge >= 0.3 is 48.0 Å². The van der Waals surface area contributed by atoms with Crippen LogP contribution in [0.1, 0.15) is 6.92 Å². The van der Waals surface area contributed by atoms with Crippen LogP contribution in [0.15, 0.2) is 3.24 Å². The van der Waals surface area contributed by atoms with Crippen LogP contribution in [-0.2, 0) is 0 Å². The van der Waals surface area contributed by atoms with Gasteiger partial charge in [-0.1, -0.05) is 0 Å². The van der Waals surface area contributed by atoms with Crippen molar-refractivity contribution in [3.8, 4) is 0 Å². The number of hydrogen-bond donors (Lipinski definition) is 0. The van der Waals surface area contributed by atoms with E-state index >= 15 is 0 Å². The Morgan fingerprint density at radius 2 is 2.83 bits per heavy atom. The molecule has 0 bridgehead atoms. The standard InChI is InChI=1S/C4H7NTe/c1-4-2-5-6-3-4/h2,4H,3H2,1H3. The summed E-state index contributed by atoms with van der Waals surface area (Å²) in [5.41, 5.74) is 0. The van der Waals surface area contributed by atoms with Crippen LogP contribution in [0.4, 0.5) is 0 Å². The van der Waals surface area contributed by atoms with Gasteiger partial charge in [0.05, 0.1) is 0 Å². The summed E-state index contributed by atoms with van der Waals surface area (Å²) in [4.78, 5) is 0. The van der Waals surface area contributed by atoms with Gasteiger partial charge in [-0.25, -0.2) is 0 Å². The zero-order valence-electron chi connectivity index (χ0n) is 3.72. The molecule has 1 unspecified atom stereocenters. The molecule has 0 saturated carbocycles. The van der Waals surface area contributed by atoms with Gasteiger partial charge in [0.2, 0.25) is 0 Å². The van der Waals surface area contributed by atoms with Crippen molar-refractivity contribution in [3.05, 3.63) is 0 Å². The molecular formula is C4H7NTe. The average Bonchev–Trinajstić information content (AvgIpc) is 1.86. The van der Waals surface area contributed by atoms with Crippen molar-refractivity contribution in [2.24, 2.45) is 9.16 Å². The average molecular weight is 197 g/mol. The Balaban J connectivity index is 2.38. The van der Waals surface area contributed by atoms with Crippen molar-refractivity contribution in [2.45, 2.75) is 11.4 Å². The summed E-state index contributed by atoms with van der Waals surface area (Å²) in [6.07, 6.45) is 2.09. The van der Waals surface area contributed by atoms with Crippen LogP contribution >= 0.6 is 0 Å². The van der Waals surface area contributed by atoms with Gasteiger partial charge in [-0.3, -0.25) is 0 Å². The van der Waals surface area contributed by atoms with Gasteiger partial charge in [-0.05, 0) is 0 Å². The van der Waals surface area contributed by atoms with E-state index in [-0.39, 0.29) is 21.2 Å². The Kier molecular flexibility index (Phi) is 1.50. The molecule has 1 atom stereocenters. The normalized spacial score (nSPS) is 31.8. The van der Waals surface area contributed by atoms with Gasteiger partial charge in [0, 0.05) is 0 Å². The summed E-state index contributed by atoms with van der Waals surface area (Å²) in [7, 11) is 0. The third kappa shape index (κ3) is 0.959. The zero-order valence-corrected chi connectivity index (χ0v) is 6.05. The van der Waals surface area contributed by atoms with E-state index in [2.05, 4.69) is 16.4 Å². The Morgan fingerprint density at radius 3 is 3.00 bits per heavy atom. The Morgan fingerprint density at radius 1 is 2.00 bits per heavy atom. The molecule has 0 aromatic heterocycles. The fourth-order valence-corrected chi connectivity index (χ4v) is 2.35. The molecule has 1 nitrogen and oxygen atoms in total. The first-order valence-electron chi connectivity index (χ1n) is 2.05. The van der Waals surface area contributed by atoms with Crippen LogP contribution in [0.2, 0.25) is 4.47 Å². The Bertz CT molecular complexity index is 69.9. The van der Waals surface area contributed by atoms with Crippen LogP contribution in [0.3, 0.4) is 0 Å². The molecule has 0 amide bonds. The van der Waals surface area contributed by atoms with E-state index in [0.717, 1.165) is 5.92 Å². The SMILES string of the molecule is CC1C=N[Te]C1. The number of rotatable bonds is 0. The van der Waals surface area contributed by atoms with E-state index in [1.807, 2.05) is 0 Å². The second-order valence-corrected chi connectivity index (χ2v) is 3.82. The minimum absolute atomic E-state index is 0.129.